The Morgan fingerprint density at radius 1 is 1.00 bits per heavy atom. The molecule has 2 N–H and O–H groups in total. The van der Waals surface area contributed by atoms with E-state index in [2.05, 4.69) is 40.8 Å². The average molecular weight is 466 g/mol. The quantitative estimate of drug-likeness (QED) is 0.407. The lowest BCUT2D eigenvalue weighted by atomic mass is 9.90. The molecular weight excluding hydrogens is 434 g/mol. The second-order valence-electron chi connectivity index (χ2n) is 9.45. The van der Waals surface area contributed by atoms with E-state index in [1.165, 1.54) is 10.9 Å². The Kier molecular flexibility index (Phi) is 6.66. The van der Waals surface area contributed by atoms with Crippen molar-refractivity contribution in [1.82, 2.24) is 15.2 Å². The number of carbonyl (C=O) groups is 2. The van der Waals surface area contributed by atoms with Gasteiger partial charge in [-0.05, 0) is 49.1 Å². The fraction of sp³-hybridized carbons (Fsp3) is 0.267. The highest BCUT2D eigenvalue weighted by Gasteiger charge is 2.29. The maximum Gasteiger partial charge on any atom is 0.253 e. The summed E-state index contributed by atoms with van der Waals surface area (Å²) in [6, 6.07) is 26.2. The zero-order valence-electron chi connectivity index (χ0n) is 20.0. The van der Waals surface area contributed by atoms with Gasteiger partial charge in [0.25, 0.3) is 5.91 Å². The maximum absolute atomic E-state index is 13.3. The molecule has 2 unspecified atom stereocenters. The van der Waals surface area contributed by atoms with Gasteiger partial charge in [0.15, 0.2) is 0 Å². The number of para-hydroxylation sites is 1. The summed E-state index contributed by atoms with van der Waals surface area (Å²) in [6.45, 7) is 3.67. The van der Waals surface area contributed by atoms with Crippen LogP contribution in [0.25, 0.3) is 10.9 Å². The third-order valence-corrected chi connectivity index (χ3v) is 7.06. The minimum Gasteiger partial charge on any atom is -0.361 e. The van der Waals surface area contributed by atoms with Gasteiger partial charge in [0, 0.05) is 48.2 Å². The predicted octanol–water partition coefficient (Wildman–Crippen LogP) is 5.28. The average Bonchev–Trinajstić information content (AvgIpc) is 3.33. The van der Waals surface area contributed by atoms with Crippen LogP contribution < -0.4 is 5.32 Å². The van der Waals surface area contributed by atoms with Gasteiger partial charge in [-0.1, -0.05) is 66.2 Å². The number of nitrogens with zero attached hydrogens (tertiary/aromatic N) is 1. The van der Waals surface area contributed by atoms with E-state index in [-0.39, 0.29) is 23.7 Å². The molecule has 1 aliphatic rings. The molecule has 1 aromatic heterocycles. The van der Waals surface area contributed by atoms with Crippen LogP contribution in [0, 0.1) is 12.8 Å². The van der Waals surface area contributed by atoms with Crippen molar-refractivity contribution in [3.05, 3.63) is 107 Å². The highest BCUT2D eigenvalue weighted by molar-refractivity contribution is 5.94. The third kappa shape index (κ3) is 4.99. The molecule has 1 saturated heterocycles. The largest absolute Gasteiger partial charge is 0.361 e. The molecule has 2 heterocycles. The third-order valence-electron chi connectivity index (χ3n) is 7.06. The topological polar surface area (TPSA) is 65.2 Å². The van der Waals surface area contributed by atoms with Crippen molar-refractivity contribution in [1.29, 1.82) is 0 Å². The molecule has 4 aromatic rings. The molecule has 5 nitrogen and oxygen atoms in total. The fourth-order valence-corrected chi connectivity index (χ4v) is 5.08. The maximum atomic E-state index is 13.3. The summed E-state index contributed by atoms with van der Waals surface area (Å²) in [7, 11) is 0. The number of hydrogen-bond donors (Lipinski definition) is 2. The van der Waals surface area contributed by atoms with Crippen LogP contribution in [0.2, 0.25) is 0 Å². The first-order chi connectivity index (χ1) is 17.1. The van der Waals surface area contributed by atoms with Crippen molar-refractivity contribution in [3.8, 4) is 0 Å². The van der Waals surface area contributed by atoms with Crippen molar-refractivity contribution in [2.45, 2.75) is 25.7 Å². The van der Waals surface area contributed by atoms with E-state index in [1.54, 1.807) is 0 Å². The molecule has 2 amide bonds. The molecule has 5 rings (SSSR count). The van der Waals surface area contributed by atoms with Crippen LogP contribution in [0.1, 0.15) is 45.8 Å². The van der Waals surface area contributed by atoms with Crippen LogP contribution in [0.4, 0.5) is 0 Å². The molecule has 35 heavy (non-hydrogen) atoms. The molecule has 0 radical (unpaired) electrons. The number of aromatic amines is 1. The molecule has 0 spiro atoms. The second kappa shape index (κ2) is 10.2. The van der Waals surface area contributed by atoms with E-state index in [0.29, 0.717) is 25.2 Å². The van der Waals surface area contributed by atoms with E-state index in [0.717, 1.165) is 29.5 Å². The first-order valence-electron chi connectivity index (χ1n) is 12.3. The summed E-state index contributed by atoms with van der Waals surface area (Å²) in [5, 5.41) is 4.39. The molecule has 0 saturated carbocycles. The lowest BCUT2D eigenvalue weighted by Gasteiger charge is -2.32. The van der Waals surface area contributed by atoms with Gasteiger partial charge in [0.05, 0.1) is 5.92 Å². The van der Waals surface area contributed by atoms with Crippen LogP contribution >= 0.6 is 0 Å². The molecule has 178 valence electrons. The Labute approximate surface area is 206 Å². The summed E-state index contributed by atoms with van der Waals surface area (Å²) in [5.41, 5.74) is 5.23. The van der Waals surface area contributed by atoms with Crippen molar-refractivity contribution < 1.29 is 9.59 Å². The number of aryl methyl sites for hydroxylation is 1. The number of benzene rings is 3. The molecule has 5 heteroatoms. The van der Waals surface area contributed by atoms with Gasteiger partial charge in [0.2, 0.25) is 5.91 Å². The lowest BCUT2D eigenvalue weighted by molar-refractivity contribution is -0.126. The highest BCUT2D eigenvalue weighted by atomic mass is 16.2. The number of fused-ring (bicyclic) bond motifs is 1. The van der Waals surface area contributed by atoms with Crippen molar-refractivity contribution in [2.24, 2.45) is 5.92 Å². The lowest BCUT2D eigenvalue weighted by Crippen LogP contribution is -2.46. The van der Waals surface area contributed by atoms with Gasteiger partial charge < -0.3 is 15.2 Å². The fourth-order valence-electron chi connectivity index (χ4n) is 5.08. The Morgan fingerprint density at radius 2 is 1.74 bits per heavy atom. The summed E-state index contributed by atoms with van der Waals surface area (Å²) in [5.74, 6) is -0.140. The number of carbonyl (C=O) groups excluding carboxylic acids is 2. The zero-order valence-corrected chi connectivity index (χ0v) is 20.0. The number of amides is 2. The number of aromatic nitrogens is 1. The Hall–Kier alpha value is -3.86. The van der Waals surface area contributed by atoms with Gasteiger partial charge in [-0.3, -0.25) is 9.59 Å². The van der Waals surface area contributed by atoms with Crippen LogP contribution in [0.3, 0.4) is 0 Å². The van der Waals surface area contributed by atoms with E-state index in [1.807, 2.05) is 66.4 Å². The number of H-pyrrole nitrogens is 1. The number of piperidine rings is 1. The summed E-state index contributed by atoms with van der Waals surface area (Å²) >= 11 is 0. The Balaban J connectivity index is 1.30. The van der Waals surface area contributed by atoms with Crippen LogP contribution in [0.5, 0.6) is 0 Å². The van der Waals surface area contributed by atoms with E-state index in [9.17, 15) is 9.59 Å². The van der Waals surface area contributed by atoms with Crippen molar-refractivity contribution in [2.75, 3.05) is 19.6 Å². The second-order valence-corrected chi connectivity index (χ2v) is 9.45. The summed E-state index contributed by atoms with van der Waals surface area (Å²) < 4.78 is 0. The molecule has 1 fully saturated rings. The molecule has 1 aliphatic heterocycles. The first-order valence-corrected chi connectivity index (χ1v) is 12.3. The number of likely N-dealkylation sites (tertiary alicyclic amines) is 1. The molecular formula is C30H31N3O2. The van der Waals surface area contributed by atoms with E-state index in [4.69, 9.17) is 0 Å². The highest BCUT2D eigenvalue weighted by Crippen LogP contribution is 2.30. The Morgan fingerprint density at radius 3 is 2.54 bits per heavy atom. The van der Waals surface area contributed by atoms with Crippen LogP contribution in [-0.2, 0) is 4.79 Å². The first kappa shape index (κ1) is 22.9. The van der Waals surface area contributed by atoms with Gasteiger partial charge >= 0.3 is 0 Å². The summed E-state index contributed by atoms with van der Waals surface area (Å²) in [4.78, 5) is 31.5. The predicted molar refractivity (Wildman–Crippen MR) is 139 cm³/mol. The molecule has 3 aromatic carbocycles. The SMILES string of the molecule is Cc1ccc(C(=O)N2CCCC(C(=O)NCC(c3ccccc3)c3c[nH]c4ccccc34)C2)cc1. The normalized spacial score (nSPS) is 16.7. The van der Waals surface area contributed by atoms with Crippen LogP contribution in [-0.4, -0.2) is 41.3 Å². The van der Waals surface area contributed by atoms with E-state index < -0.39 is 0 Å². The minimum atomic E-state index is -0.197. The van der Waals surface area contributed by atoms with Gasteiger partial charge in [-0.25, -0.2) is 0 Å². The monoisotopic (exact) mass is 465 g/mol. The van der Waals surface area contributed by atoms with Crippen molar-refractivity contribution >= 4 is 22.7 Å². The van der Waals surface area contributed by atoms with Crippen LogP contribution in [0.15, 0.2) is 85.1 Å². The number of nitrogens with one attached hydrogen (secondary N) is 2. The Bertz CT molecular complexity index is 1310. The minimum absolute atomic E-state index is 0.00320. The van der Waals surface area contributed by atoms with Gasteiger partial charge in [-0.15, -0.1) is 0 Å². The zero-order chi connectivity index (χ0) is 24.2. The number of hydrogen-bond acceptors (Lipinski definition) is 2. The summed E-state index contributed by atoms with van der Waals surface area (Å²) in [6.07, 6.45) is 3.68. The standard InChI is InChI=1S/C30H31N3O2/c1-21-13-15-23(16-14-21)30(35)33-17-7-10-24(20-33)29(34)32-18-26(22-8-3-2-4-9-22)27-19-31-28-12-6-5-11-25(27)28/h2-6,8-9,11-16,19,24,26,31H,7,10,17-18,20H2,1H3,(H,32,34). The van der Waals surface area contributed by atoms with Gasteiger partial charge in [0.1, 0.15) is 0 Å². The molecule has 2 atom stereocenters. The van der Waals surface area contributed by atoms with E-state index >= 15 is 0 Å². The molecule has 0 aliphatic carbocycles. The molecule has 0 bridgehead atoms. The van der Waals surface area contributed by atoms with Crippen molar-refractivity contribution in [3.63, 3.8) is 0 Å². The number of rotatable bonds is 6. The smallest absolute Gasteiger partial charge is 0.253 e. The van der Waals surface area contributed by atoms with Gasteiger partial charge in [-0.2, -0.15) is 0 Å².